The van der Waals surface area contributed by atoms with E-state index in [0.29, 0.717) is 12.1 Å². The molecule has 0 saturated carbocycles. The molecule has 0 N–H and O–H groups in total. The molecule has 1 heterocycles. The first kappa shape index (κ1) is 15.8. The van der Waals surface area contributed by atoms with Gasteiger partial charge in [0, 0.05) is 31.2 Å². The molecule has 1 aliphatic heterocycles. The summed E-state index contributed by atoms with van der Waals surface area (Å²) in [7, 11) is 0. The maximum absolute atomic E-state index is 2.74. The number of likely N-dealkylation sites (N-methyl/N-ethyl adjacent to an activating group) is 1. The van der Waals surface area contributed by atoms with Gasteiger partial charge in [-0.2, -0.15) is 0 Å². The Morgan fingerprint density at radius 2 is 2.05 bits per heavy atom. The molecule has 0 amide bonds. The third-order valence-electron chi connectivity index (χ3n) is 5.51. The van der Waals surface area contributed by atoms with E-state index in [0.717, 1.165) is 6.04 Å². The van der Waals surface area contributed by atoms with E-state index in [2.05, 4.69) is 66.1 Å². The van der Waals surface area contributed by atoms with Crippen molar-refractivity contribution in [2.24, 2.45) is 0 Å². The Hall–Kier alpha value is -1.12. The Labute approximate surface area is 135 Å². The summed E-state index contributed by atoms with van der Waals surface area (Å²) in [5, 5.41) is 0. The minimum atomic E-state index is 0.534. The molecule has 22 heavy (non-hydrogen) atoms. The van der Waals surface area contributed by atoms with Crippen molar-refractivity contribution in [1.82, 2.24) is 9.80 Å². The lowest BCUT2D eigenvalue weighted by Crippen LogP contribution is -2.44. The molecule has 0 spiro atoms. The number of likely N-dealkylation sites (tertiary alicyclic amines) is 1. The summed E-state index contributed by atoms with van der Waals surface area (Å²) in [6.45, 7) is 8.30. The van der Waals surface area contributed by atoms with E-state index >= 15 is 0 Å². The van der Waals surface area contributed by atoms with Gasteiger partial charge in [0.15, 0.2) is 0 Å². The van der Waals surface area contributed by atoms with E-state index in [1.807, 2.05) is 0 Å². The van der Waals surface area contributed by atoms with Crippen LogP contribution in [0.5, 0.6) is 0 Å². The minimum Gasteiger partial charge on any atom is -0.295 e. The molecule has 2 nitrogen and oxygen atoms in total. The van der Waals surface area contributed by atoms with Crippen LogP contribution in [0.3, 0.4) is 0 Å². The van der Waals surface area contributed by atoms with Crippen molar-refractivity contribution in [3.8, 4) is 0 Å². The zero-order valence-electron chi connectivity index (χ0n) is 14.1. The van der Waals surface area contributed by atoms with Crippen LogP contribution in [-0.2, 0) is 0 Å². The summed E-state index contributed by atoms with van der Waals surface area (Å²) in [5.41, 5.74) is 1.45. The van der Waals surface area contributed by atoms with Crippen LogP contribution in [-0.4, -0.2) is 41.5 Å². The van der Waals surface area contributed by atoms with Crippen LogP contribution in [0.15, 0.2) is 42.5 Å². The third kappa shape index (κ3) is 3.44. The molecule has 3 atom stereocenters. The topological polar surface area (TPSA) is 6.48 Å². The summed E-state index contributed by atoms with van der Waals surface area (Å²) in [4.78, 5) is 5.41. The molecule has 2 heteroatoms. The zero-order chi connectivity index (χ0) is 15.4. The van der Waals surface area contributed by atoms with E-state index in [1.54, 1.807) is 0 Å². The van der Waals surface area contributed by atoms with Crippen molar-refractivity contribution in [2.75, 3.05) is 19.6 Å². The lowest BCUT2D eigenvalue weighted by Gasteiger charge is -2.36. The molecule has 3 unspecified atom stereocenters. The van der Waals surface area contributed by atoms with Crippen LogP contribution in [0.25, 0.3) is 0 Å². The molecule has 0 aromatic heterocycles. The molecular formula is C20H30N2. The van der Waals surface area contributed by atoms with Crippen LogP contribution in [0.1, 0.15) is 51.1 Å². The fourth-order valence-electron chi connectivity index (χ4n) is 4.17. The molecule has 1 saturated heterocycles. The van der Waals surface area contributed by atoms with Crippen molar-refractivity contribution >= 4 is 0 Å². The Kier molecular flexibility index (Phi) is 5.32. The molecule has 1 aromatic carbocycles. The highest BCUT2D eigenvalue weighted by atomic mass is 15.3. The van der Waals surface area contributed by atoms with Crippen molar-refractivity contribution in [3.63, 3.8) is 0 Å². The molecule has 2 aliphatic rings. The normalized spacial score (nSPS) is 27.4. The molecule has 1 aliphatic carbocycles. The number of rotatable bonds is 5. The average Bonchev–Trinajstić information content (AvgIpc) is 3.06. The summed E-state index contributed by atoms with van der Waals surface area (Å²) in [6.07, 6.45) is 10.1. The highest BCUT2D eigenvalue weighted by Gasteiger charge is 2.32. The minimum absolute atomic E-state index is 0.534. The van der Waals surface area contributed by atoms with Crippen LogP contribution in [0.2, 0.25) is 0 Å². The van der Waals surface area contributed by atoms with Crippen LogP contribution < -0.4 is 0 Å². The second-order valence-corrected chi connectivity index (χ2v) is 6.78. The first-order valence-electron chi connectivity index (χ1n) is 9.01. The van der Waals surface area contributed by atoms with Gasteiger partial charge in [-0.05, 0) is 44.7 Å². The number of nitrogens with zero attached hydrogens (tertiary/aromatic N) is 2. The van der Waals surface area contributed by atoms with Crippen molar-refractivity contribution in [2.45, 2.75) is 57.7 Å². The van der Waals surface area contributed by atoms with Gasteiger partial charge in [0.2, 0.25) is 0 Å². The quantitative estimate of drug-likeness (QED) is 0.750. The van der Waals surface area contributed by atoms with Crippen molar-refractivity contribution in [3.05, 3.63) is 48.0 Å². The average molecular weight is 298 g/mol. The summed E-state index contributed by atoms with van der Waals surface area (Å²) >= 11 is 0. The number of hydrogen-bond donors (Lipinski definition) is 0. The molecule has 120 valence electrons. The van der Waals surface area contributed by atoms with Gasteiger partial charge in [-0.1, -0.05) is 49.4 Å². The highest BCUT2D eigenvalue weighted by molar-refractivity contribution is 5.18. The zero-order valence-corrected chi connectivity index (χ0v) is 14.1. The molecule has 0 radical (unpaired) electrons. The molecule has 1 aromatic rings. The molecular weight excluding hydrogens is 268 g/mol. The lowest BCUT2D eigenvalue weighted by atomic mass is 9.99. The van der Waals surface area contributed by atoms with Gasteiger partial charge >= 0.3 is 0 Å². The van der Waals surface area contributed by atoms with Gasteiger partial charge in [0.1, 0.15) is 0 Å². The smallest absolute Gasteiger partial charge is 0.0320 e. The first-order chi connectivity index (χ1) is 10.8. The number of allylic oxidation sites excluding steroid dienone is 1. The lowest BCUT2D eigenvalue weighted by molar-refractivity contribution is 0.149. The van der Waals surface area contributed by atoms with E-state index in [9.17, 15) is 0 Å². The standard InChI is InChI=1S/C20H30N2/c1-3-22(19-12-8-5-9-13-19)20-14-15-21(16-20)17(2)18-10-6-4-7-11-18/h4,6-8,10-12,17,19-20H,3,5,9,13-16H2,1-2H3. The number of benzene rings is 1. The fourth-order valence-corrected chi connectivity index (χ4v) is 4.17. The van der Waals surface area contributed by atoms with E-state index in [1.165, 1.54) is 50.9 Å². The van der Waals surface area contributed by atoms with E-state index in [-0.39, 0.29) is 0 Å². The third-order valence-corrected chi connectivity index (χ3v) is 5.51. The summed E-state index contributed by atoms with van der Waals surface area (Å²) < 4.78 is 0. The van der Waals surface area contributed by atoms with Gasteiger partial charge < -0.3 is 0 Å². The largest absolute Gasteiger partial charge is 0.295 e. The summed E-state index contributed by atoms with van der Waals surface area (Å²) in [6, 6.07) is 12.9. The Balaban J connectivity index is 1.63. The van der Waals surface area contributed by atoms with E-state index in [4.69, 9.17) is 0 Å². The second kappa shape index (κ2) is 7.43. The molecule has 1 fully saturated rings. The Morgan fingerprint density at radius 1 is 1.23 bits per heavy atom. The van der Waals surface area contributed by atoms with Crippen molar-refractivity contribution in [1.29, 1.82) is 0 Å². The summed E-state index contributed by atoms with van der Waals surface area (Å²) in [5.74, 6) is 0. The van der Waals surface area contributed by atoms with Crippen molar-refractivity contribution < 1.29 is 0 Å². The van der Waals surface area contributed by atoms with Crippen LogP contribution in [0.4, 0.5) is 0 Å². The molecule has 3 rings (SSSR count). The van der Waals surface area contributed by atoms with Crippen LogP contribution in [0, 0.1) is 0 Å². The van der Waals surface area contributed by atoms with Gasteiger partial charge in [-0.3, -0.25) is 9.80 Å². The predicted molar refractivity (Wildman–Crippen MR) is 94.0 cm³/mol. The maximum Gasteiger partial charge on any atom is 0.0320 e. The predicted octanol–water partition coefficient (Wildman–Crippen LogP) is 4.25. The van der Waals surface area contributed by atoms with Gasteiger partial charge in [-0.25, -0.2) is 0 Å². The van der Waals surface area contributed by atoms with Gasteiger partial charge in [-0.15, -0.1) is 0 Å². The number of hydrogen-bond acceptors (Lipinski definition) is 2. The highest BCUT2D eigenvalue weighted by Crippen LogP contribution is 2.29. The van der Waals surface area contributed by atoms with E-state index < -0.39 is 0 Å². The fraction of sp³-hybridized carbons (Fsp3) is 0.600. The Bertz CT molecular complexity index is 482. The monoisotopic (exact) mass is 298 g/mol. The maximum atomic E-state index is 2.74. The van der Waals surface area contributed by atoms with Gasteiger partial charge in [0.25, 0.3) is 0 Å². The first-order valence-corrected chi connectivity index (χ1v) is 9.01. The molecule has 0 bridgehead atoms. The SMILES string of the molecule is CCN(C1C=CCCC1)C1CCN(C(C)c2ccccc2)C1. The van der Waals surface area contributed by atoms with Crippen LogP contribution >= 0.6 is 0 Å². The van der Waals surface area contributed by atoms with Gasteiger partial charge in [0.05, 0.1) is 0 Å². The second-order valence-electron chi connectivity index (χ2n) is 6.78. The Morgan fingerprint density at radius 3 is 2.73 bits per heavy atom.